The number of nitrogens with one attached hydrogen (secondary N) is 2. The molecule has 3 amide bonds. The lowest BCUT2D eigenvalue weighted by atomic mass is 10.0. The summed E-state index contributed by atoms with van der Waals surface area (Å²) >= 11 is 4.64. The zero-order chi connectivity index (χ0) is 31.6. The van der Waals surface area contributed by atoms with Gasteiger partial charge in [0.25, 0.3) is 11.8 Å². The molecule has 5 rings (SSSR count). The number of aromatic nitrogens is 5. The predicted octanol–water partition coefficient (Wildman–Crippen LogP) is 1.18. The molecule has 0 spiro atoms. The number of hydrogen-bond donors (Lipinski definition) is 3. The highest BCUT2D eigenvalue weighted by Gasteiger charge is 2.54. The summed E-state index contributed by atoms with van der Waals surface area (Å²) in [4.78, 5) is 60.3. The Labute approximate surface area is 262 Å². The van der Waals surface area contributed by atoms with Crippen molar-refractivity contribution in [2.45, 2.75) is 35.4 Å². The van der Waals surface area contributed by atoms with Gasteiger partial charge in [-0.3, -0.25) is 24.6 Å². The van der Waals surface area contributed by atoms with Crippen molar-refractivity contribution in [3.63, 3.8) is 0 Å². The molecule has 3 N–H and O–H groups in total. The van der Waals surface area contributed by atoms with Crippen LogP contribution >= 0.6 is 46.6 Å². The van der Waals surface area contributed by atoms with Gasteiger partial charge in [-0.1, -0.05) is 23.0 Å². The van der Waals surface area contributed by atoms with Crippen molar-refractivity contribution in [1.82, 2.24) is 35.4 Å². The molecule has 3 aliphatic rings. The topological polar surface area (TPSA) is 194 Å². The quantitative estimate of drug-likeness (QED) is 0.0946. The first kappa shape index (κ1) is 31.8. The van der Waals surface area contributed by atoms with Crippen molar-refractivity contribution < 1.29 is 42.3 Å². The van der Waals surface area contributed by atoms with Gasteiger partial charge in [0, 0.05) is 28.4 Å². The molecule has 2 saturated heterocycles. The van der Waals surface area contributed by atoms with Crippen LogP contribution in [0.4, 0.5) is 18.3 Å². The summed E-state index contributed by atoms with van der Waals surface area (Å²) in [5.74, 6) is -3.55. The minimum Gasteiger partial charge on any atom is -0.477 e. The Balaban J connectivity index is 1.30. The van der Waals surface area contributed by atoms with E-state index in [4.69, 9.17) is 4.84 Å². The Hall–Kier alpha value is -3.63. The molecule has 2 fully saturated rings. The predicted molar refractivity (Wildman–Crippen MR) is 154 cm³/mol. The highest BCUT2D eigenvalue weighted by Crippen LogP contribution is 2.41. The number of allylic oxidation sites excluding steroid dienone is 1. The number of halogens is 3. The molecule has 0 aromatic carbocycles. The van der Waals surface area contributed by atoms with Crippen LogP contribution in [0.3, 0.4) is 0 Å². The number of aliphatic carboxylic acids is 1. The van der Waals surface area contributed by atoms with Crippen LogP contribution in [0.25, 0.3) is 0 Å². The van der Waals surface area contributed by atoms with E-state index in [0.717, 1.165) is 4.90 Å². The van der Waals surface area contributed by atoms with Crippen molar-refractivity contribution in [2.24, 2.45) is 5.16 Å². The van der Waals surface area contributed by atoms with Gasteiger partial charge in [-0.25, -0.2) is 14.5 Å². The average Bonchev–Trinajstić information content (AvgIpc) is 3.60. The number of carbonyl (C=O) groups is 4. The standard InChI is InChI=1S/C22H20F3N9O6S4/c1-2-3-33-21(29-31-32-33)44-5-9-4-42-17-13(16(36)34(17)14(9)18(37)38)27-15(35)12(30-40-10-6-41-7-10)11-8-43-20(26-11)28-19(39)22(23,24)25/h2,8,10,13,17H,1,3-7H2,(H,27,35)(H,37,38)(H,26,28,39)/t13?,17-/m0/s1. The maximum Gasteiger partial charge on any atom is 0.471 e. The molecule has 0 bridgehead atoms. The van der Waals surface area contributed by atoms with E-state index < -0.39 is 52.1 Å². The van der Waals surface area contributed by atoms with Crippen LogP contribution in [0.5, 0.6) is 0 Å². The second-order valence-corrected chi connectivity index (χ2v) is 13.0. The molecule has 44 heavy (non-hydrogen) atoms. The molecule has 2 atom stereocenters. The van der Waals surface area contributed by atoms with Gasteiger partial charge in [0.1, 0.15) is 28.9 Å². The van der Waals surface area contributed by atoms with Gasteiger partial charge < -0.3 is 15.3 Å². The maximum atomic E-state index is 13.3. The van der Waals surface area contributed by atoms with Gasteiger partial charge in [-0.2, -0.15) is 24.9 Å². The number of thiazole rings is 1. The summed E-state index contributed by atoms with van der Waals surface area (Å²) in [5, 5.41) is 29.7. The summed E-state index contributed by atoms with van der Waals surface area (Å²) in [6.07, 6.45) is -3.85. The van der Waals surface area contributed by atoms with Crippen LogP contribution in [0.15, 0.2) is 39.6 Å². The number of carboxylic acids is 1. The third kappa shape index (κ3) is 6.71. The van der Waals surface area contributed by atoms with Crippen LogP contribution in [0.1, 0.15) is 5.69 Å². The number of amides is 3. The first-order valence-corrected chi connectivity index (χ1v) is 16.4. The van der Waals surface area contributed by atoms with Crippen molar-refractivity contribution in [1.29, 1.82) is 0 Å². The van der Waals surface area contributed by atoms with E-state index in [1.54, 1.807) is 23.2 Å². The van der Waals surface area contributed by atoms with E-state index >= 15 is 0 Å². The summed E-state index contributed by atoms with van der Waals surface area (Å²) in [7, 11) is 0. The number of hydrogen-bond acceptors (Lipinski definition) is 14. The van der Waals surface area contributed by atoms with E-state index in [2.05, 4.69) is 37.6 Å². The van der Waals surface area contributed by atoms with Crippen molar-refractivity contribution in [3.8, 4) is 0 Å². The summed E-state index contributed by atoms with van der Waals surface area (Å²) in [5.41, 5.74) is -0.370. The smallest absolute Gasteiger partial charge is 0.471 e. The fourth-order valence-corrected chi connectivity index (χ4v) is 7.52. The molecule has 0 aliphatic carbocycles. The number of anilines is 1. The number of carboxylic acid groups (broad SMARTS) is 1. The molecule has 234 valence electrons. The van der Waals surface area contributed by atoms with Crippen LogP contribution in [-0.2, 0) is 30.6 Å². The second kappa shape index (κ2) is 13.2. The third-order valence-electron chi connectivity index (χ3n) is 6.05. The Morgan fingerprint density at radius 3 is 2.75 bits per heavy atom. The zero-order valence-corrected chi connectivity index (χ0v) is 25.3. The number of thioether (sulfide) groups is 3. The van der Waals surface area contributed by atoms with Crippen LogP contribution in [-0.4, -0.2) is 111 Å². The largest absolute Gasteiger partial charge is 0.477 e. The Morgan fingerprint density at radius 1 is 1.32 bits per heavy atom. The minimum absolute atomic E-state index is 0.185. The summed E-state index contributed by atoms with van der Waals surface area (Å²) in [6, 6.07) is -1.14. The molecular weight excluding hydrogens is 672 g/mol. The van der Waals surface area contributed by atoms with Gasteiger partial charge >= 0.3 is 18.1 Å². The van der Waals surface area contributed by atoms with Gasteiger partial charge in [-0.05, 0) is 16.0 Å². The summed E-state index contributed by atoms with van der Waals surface area (Å²) < 4.78 is 39.5. The molecule has 2 aromatic rings. The molecule has 3 aliphatic heterocycles. The highest BCUT2D eigenvalue weighted by atomic mass is 32.2. The third-order valence-corrected chi connectivity index (χ3v) is 10.4. The molecule has 22 heteroatoms. The molecule has 15 nitrogen and oxygen atoms in total. The Morgan fingerprint density at radius 2 is 2.09 bits per heavy atom. The van der Waals surface area contributed by atoms with Crippen LogP contribution in [0.2, 0.25) is 0 Å². The highest BCUT2D eigenvalue weighted by molar-refractivity contribution is 8.01. The number of rotatable bonds is 12. The number of alkyl halides is 3. The van der Waals surface area contributed by atoms with Crippen molar-refractivity contribution >= 4 is 81.2 Å². The number of nitrogens with zero attached hydrogens (tertiary/aromatic N) is 7. The normalized spacial score (nSPS) is 20.4. The van der Waals surface area contributed by atoms with Gasteiger partial charge in [0.15, 0.2) is 10.8 Å². The second-order valence-electron chi connectivity index (χ2n) is 9.03. The minimum atomic E-state index is -5.15. The van der Waals surface area contributed by atoms with Gasteiger partial charge in [-0.15, -0.1) is 34.8 Å². The Bertz CT molecular complexity index is 1560. The van der Waals surface area contributed by atoms with E-state index in [1.807, 2.05) is 0 Å². The molecule has 5 heterocycles. The fraction of sp³-hybridized carbons (Fsp3) is 0.409. The molecule has 0 saturated carbocycles. The van der Waals surface area contributed by atoms with E-state index in [9.17, 15) is 37.5 Å². The zero-order valence-electron chi connectivity index (χ0n) is 22.0. The Kier molecular flexibility index (Phi) is 9.51. The lowest BCUT2D eigenvalue weighted by molar-refractivity contribution is -0.167. The number of fused-ring (bicyclic) bond motifs is 1. The molecule has 0 radical (unpaired) electrons. The fourth-order valence-electron chi connectivity index (χ4n) is 3.91. The first-order valence-electron chi connectivity index (χ1n) is 12.3. The van der Waals surface area contributed by atoms with Gasteiger partial charge in [0.05, 0.1) is 6.54 Å². The average molecular weight is 692 g/mol. The number of oxime groups is 1. The van der Waals surface area contributed by atoms with E-state index in [1.165, 1.54) is 33.6 Å². The van der Waals surface area contributed by atoms with Crippen LogP contribution < -0.4 is 10.6 Å². The van der Waals surface area contributed by atoms with Crippen LogP contribution in [0, 0.1) is 0 Å². The van der Waals surface area contributed by atoms with E-state index in [-0.39, 0.29) is 29.0 Å². The molecule has 1 unspecified atom stereocenters. The first-order chi connectivity index (χ1) is 21.0. The lowest BCUT2D eigenvalue weighted by Crippen LogP contribution is -2.71. The SMILES string of the molecule is C=CCn1nnnc1SCC1=C(C(=O)O)N2C(=O)C(NC(=O)C(=NOC3CSC3)c3csc(NC(=O)C(F)(F)F)n3)[C@@H]2SC1. The maximum absolute atomic E-state index is 13.3. The van der Waals surface area contributed by atoms with Crippen molar-refractivity contribution in [3.05, 3.63) is 35.0 Å². The number of carbonyl (C=O) groups excluding carboxylic acids is 3. The molecule has 2 aromatic heterocycles. The van der Waals surface area contributed by atoms with Gasteiger partial charge in [0.2, 0.25) is 5.16 Å². The molecular formula is C22H20F3N9O6S4. The number of β-lactam (4-membered cyclic amide) rings is 1. The van der Waals surface area contributed by atoms with Crippen molar-refractivity contribution in [2.75, 3.05) is 28.3 Å². The monoisotopic (exact) mass is 691 g/mol. The number of tetrazole rings is 1. The lowest BCUT2D eigenvalue weighted by Gasteiger charge is -2.49. The summed E-state index contributed by atoms with van der Waals surface area (Å²) in [6.45, 7) is 3.99. The van der Waals surface area contributed by atoms with E-state index in [0.29, 0.717) is 40.1 Å².